The lowest BCUT2D eigenvalue weighted by atomic mass is 10.3. The first-order valence-corrected chi connectivity index (χ1v) is 4.84. The molecule has 2 aromatic rings. The zero-order valence-corrected chi connectivity index (χ0v) is 8.54. The normalized spacial score (nSPS) is 10.8. The van der Waals surface area contributed by atoms with Crippen LogP contribution in [0.5, 0.6) is 0 Å². The van der Waals surface area contributed by atoms with Gasteiger partial charge in [-0.25, -0.2) is 9.50 Å². The van der Waals surface area contributed by atoms with E-state index in [9.17, 15) is 4.79 Å². The van der Waals surface area contributed by atoms with Crippen molar-refractivity contribution in [1.82, 2.24) is 14.6 Å². The average Bonchev–Trinajstić information content (AvgIpc) is 2.72. The molecule has 6 heteroatoms. The standard InChI is InChI=1S/C10H11N3O3/c14-9(15)3-5-16-6-8-2-1-4-13-10(8)11-7-12-13/h1-2,4,7H,3,5-6H2,(H,14,15). The Balaban J connectivity index is 1.98. The van der Waals surface area contributed by atoms with Crippen molar-refractivity contribution in [1.29, 1.82) is 0 Å². The molecule has 0 atom stereocenters. The van der Waals surface area contributed by atoms with Gasteiger partial charge in [-0.3, -0.25) is 4.79 Å². The first-order chi connectivity index (χ1) is 7.77. The molecule has 0 aromatic carbocycles. The number of fused-ring (bicyclic) bond motifs is 1. The maximum Gasteiger partial charge on any atom is 0.305 e. The summed E-state index contributed by atoms with van der Waals surface area (Å²) in [5.74, 6) is -0.860. The maximum atomic E-state index is 10.3. The highest BCUT2D eigenvalue weighted by Gasteiger charge is 2.03. The number of carboxylic acids is 1. The quantitative estimate of drug-likeness (QED) is 0.753. The summed E-state index contributed by atoms with van der Waals surface area (Å²) >= 11 is 0. The second kappa shape index (κ2) is 4.71. The van der Waals surface area contributed by atoms with E-state index in [0.717, 1.165) is 11.2 Å². The third-order valence-corrected chi connectivity index (χ3v) is 2.10. The highest BCUT2D eigenvalue weighted by atomic mass is 16.5. The van der Waals surface area contributed by atoms with Crippen molar-refractivity contribution in [2.24, 2.45) is 0 Å². The highest BCUT2D eigenvalue weighted by molar-refractivity contribution is 5.66. The van der Waals surface area contributed by atoms with Crippen LogP contribution in [0.2, 0.25) is 0 Å². The number of aromatic nitrogens is 3. The summed E-state index contributed by atoms with van der Waals surface area (Å²) in [4.78, 5) is 14.4. The van der Waals surface area contributed by atoms with E-state index in [2.05, 4.69) is 10.1 Å². The van der Waals surface area contributed by atoms with E-state index in [-0.39, 0.29) is 13.0 Å². The van der Waals surface area contributed by atoms with Gasteiger partial charge in [-0.15, -0.1) is 0 Å². The van der Waals surface area contributed by atoms with E-state index < -0.39 is 5.97 Å². The molecule has 0 saturated carbocycles. The van der Waals surface area contributed by atoms with E-state index in [1.807, 2.05) is 12.1 Å². The lowest BCUT2D eigenvalue weighted by Crippen LogP contribution is -2.03. The second-order valence-corrected chi connectivity index (χ2v) is 3.26. The Labute approximate surface area is 91.5 Å². The molecule has 0 fully saturated rings. The molecular weight excluding hydrogens is 210 g/mol. The first-order valence-electron chi connectivity index (χ1n) is 4.84. The van der Waals surface area contributed by atoms with Gasteiger partial charge in [0.05, 0.1) is 19.6 Å². The molecule has 6 nitrogen and oxygen atoms in total. The molecule has 2 heterocycles. The number of hydrogen-bond acceptors (Lipinski definition) is 4. The van der Waals surface area contributed by atoms with Crippen molar-refractivity contribution in [2.75, 3.05) is 6.61 Å². The minimum Gasteiger partial charge on any atom is -0.481 e. The molecule has 84 valence electrons. The molecule has 16 heavy (non-hydrogen) atoms. The van der Waals surface area contributed by atoms with Crippen LogP contribution < -0.4 is 0 Å². The van der Waals surface area contributed by atoms with Gasteiger partial charge in [0.1, 0.15) is 6.33 Å². The Morgan fingerprint density at radius 1 is 1.56 bits per heavy atom. The SMILES string of the molecule is O=C(O)CCOCc1cccn2ncnc12. The van der Waals surface area contributed by atoms with Crippen molar-refractivity contribution in [3.63, 3.8) is 0 Å². The molecule has 0 bridgehead atoms. The lowest BCUT2D eigenvalue weighted by Gasteiger charge is -2.03. The van der Waals surface area contributed by atoms with Gasteiger partial charge in [0, 0.05) is 11.8 Å². The average molecular weight is 221 g/mol. The molecular formula is C10H11N3O3. The second-order valence-electron chi connectivity index (χ2n) is 3.26. The Hall–Kier alpha value is -1.95. The van der Waals surface area contributed by atoms with Gasteiger partial charge in [-0.1, -0.05) is 6.07 Å². The number of ether oxygens (including phenoxy) is 1. The highest BCUT2D eigenvalue weighted by Crippen LogP contribution is 2.08. The summed E-state index contributed by atoms with van der Waals surface area (Å²) < 4.78 is 6.89. The predicted molar refractivity (Wildman–Crippen MR) is 54.9 cm³/mol. The van der Waals surface area contributed by atoms with Crippen LogP contribution in [-0.2, 0) is 16.1 Å². The van der Waals surface area contributed by atoms with Crippen LogP contribution in [0.15, 0.2) is 24.7 Å². The molecule has 0 amide bonds. The summed E-state index contributed by atoms with van der Waals surface area (Å²) in [6.07, 6.45) is 3.27. The molecule has 2 rings (SSSR count). The molecule has 0 aliphatic rings. The molecule has 0 radical (unpaired) electrons. The fourth-order valence-electron chi connectivity index (χ4n) is 1.36. The number of aliphatic carboxylic acids is 1. The summed E-state index contributed by atoms with van der Waals surface area (Å²) in [6, 6.07) is 3.72. The monoisotopic (exact) mass is 221 g/mol. The Morgan fingerprint density at radius 2 is 2.44 bits per heavy atom. The molecule has 1 N–H and O–H groups in total. The molecule has 0 aliphatic heterocycles. The summed E-state index contributed by atoms with van der Waals surface area (Å²) in [5.41, 5.74) is 1.63. The number of rotatable bonds is 5. The number of hydrogen-bond donors (Lipinski definition) is 1. The topological polar surface area (TPSA) is 76.7 Å². The van der Waals surface area contributed by atoms with Gasteiger partial charge in [-0.2, -0.15) is 5.10 Å². The molecule has 0 saturated heterocycles. The Morgan fingerprint density at radius 3 is 3.25 bits per heavy atom. The smallest absolute Gasteiger partial charge is 0.305 e. The van der Waals surface area contributed by atoms with Gasteiger partial charge in [0.2, 0.25) is 0 Å². The van der Waals surface area contributed by atoms with E-state index in [4.69, 9.17) is 9.84 Å². The van der Waals surface area contributed by atoms with Gasteiger partial charge in [0.25, 0.3) is 0 Å². The van der Waals surface area contributed by atoms with Gasteiger partial charge >= 0.3 is 5.97 Å². The number of pyridine rings is 1. The van der Waals surface area contributed by atoms with Crippen molar-refractivity contribution >= 4 is 11.6 Å². The zero-order chi connectivity index (χ0) is 11.4. The minimum atomic E-state index is -0.860. The molecule has 0 spiro atoms. The van der Waals surface area contributed by atoms with Crippen LogP contribution in [-0.4, -0.2) is 32.3 Å². The van der Waals surface area contributed by atoms with Gasteiger partial charge in [-0.05, 0) is 6.07 Å². The summed E-state index contributed by atoms with van der Waals surface area (Å²) in [6.45, 7) is 0.542. The largest absolute Gasteiger partial charge is 0.481 e. The fraction of sp³-hybridized carbons (Fsp3) is 0.300. The van der Waals surface area contributed by atoms with Crippen molar-refractivity contribution < 1.29 is 14.6 Å². The zero-order valence-electron chi connectivity index (χ0n) is 8.54. The van der Waals surface area contributed by atoms with E-state index in [1.165, 1.54) is 6.33 Å². The summed E-state index contributed by atoms with van der Waals surface area (Å²) in [5, 5.41) is 12.4. The molecule has 0 aliphatic carbocycles. The van der Waals surface area contributed by atoms with Crippen LogP contribution in [0.1, 0.15) is 12.0 Å². The number of carboxylic acid groups (broad SMARTS) is 1. The van der Waals surface area contributed by atoms with Crippen molar-refractivity contribution in [3.8, 4) is 0 Å². The Bertz CT molecular complexity index is 495. The maximum absolute atomic E-state index is 10.3. The van der Waals surface area contributed by atoms with Crippen LogP contribution in [0.3, 0.4) is 0 Å². The van der Waals surface area contributed by atoms with Crippen molar-refractivity contribution in [2.45, 2.75) is 13.0 Å². The van der Waals surface area contributed by atoms with Crippen LogP contribution in [0.4, 0.5) is 0 Å². The van der Waals surface area contributed by atoms with E-state index >= 15 is 0 Å². The lowest BCUT2D eigenvalue weighted by molar-refractivity contribution is -0.138. The number of carbonyl (C=O) groups is 1. The van der Waals surface area contributed by atoms with E-state index in [0.29, 0.717) is 6.61 Å². The summed E-state index contributed by atoms with van der Waals surface area (Å²) in [7, 11) is 0. The fourth-order valence-corrected chi connectivity index (χ4v) is 1.36. The van der Waals surface area contributed by atoms with Crippen LogP contribution >= 0.6 is 0 Å². The Kier molecular flexibility index (Phi) is 3.11. The number of nitrogens with zero attached hydrogens (tertiary/aromatic N) is 3. The minimum absolute atomic E-state index is 0.00973. The van der Waals surface area contributed by atoms with Crippen LogP contribution in [0, 0.1) is 0 Å². The molecule has 2 aromatic heterocycles. The third kappa shape index (κ3) is 2.34. The first kappa shape index (κ1) is 10.6. The van der Waals surface area contributed by atoms with Crippen LogP contribution in [0.25, 0.3) is 5.65 Å². The van der Waals surface area contributed by atoms with Gasteiger partial charge in [0.15, 0.2) is 5.65 Å². The third-order valence-electron chi connectivity index (χ3n) is 2.10. The van der Waals surface area contributed by atoms with Crippen molar-refractivity contribution in [3.05, 3.63) is 30.2 Å². The van der Waals surface area contributed by atoms with E-state index in [1.54, 1.807) is 10.7 Å². The molecule has 0 unspecified atom stereocenters. The predicted octanol–water partition coefficient (Wildman–Crippen LogP) is 0.721. The van der Waals surface area contributed by atoms with Gasteiger partial charge < -0.3 is 9.84 Å².